The highest BCUT2D eigenvalue weighted by Gasteiger charge is 2.35. The number of anilines is 1. The van der Waals surface area contributed by atoms with Crippen LogP contribution in [0.2, 0.25) is 0 Å². The number of methoxy groups -OCH3 is 3. The van der Waals surface area contributed by atoms with Crippen LogP contribution in [-0.2, 0) is 14.2 Å². The lowest BCUT2D eigenvalue weighted by atomic mass is 10.3. The standard InChI is InChI=1S/C12H18N2O4S/c1-7-10(11(15)18-4)19-12(13-7)14-5-8(16-2)9(6-14)17-3/h8-9H,5-6H2,1-4H3. The summed E-state index contributed by atoms with van der Waals surface area (Å²) >= 11 is 1.34. The smallest absolute Gasteiger partial charge is 0.350 e. The number of rotatable bonds is 4. The molecule has 106 valence electrons. The summed E-state index contributed by atoms with van der Waals surface area (Å²) in [4.78, 5) is 18.6. The second kappa shape index (κ2) is 5.85. The fourth-order valence-electron chi connectivity index (χ4n) is 2.15. The Bertz CT molecular complexity index is 451. The van der Waals surface area contributed by atoms with Crippen molar-refractivity contribution < 1.29 is 19.0 Å². The third-order valence-corrected chi connectivity index (χ3v) is 4.45. The topological polar surface area (TPSA) is 60.9 Å². The summed E-state index contributed by atoms with van der Waals surface area (Å²) in [5.41, 5.74) is 0.696. The SMILES string of the molecule is COC(=O)c1sc(N2CC(OC)C(OC)C2)nc1C. The van der Waals surface area contributed by atoms with E-state index in [9.17, 15) is 4.79 Å². The molecule has 2 heterocycles. The van der Waals surface area contributed by atoms with Crippen LogP contribution in [0, 0.1) is 6.92 Å². The predicted octanol–water partition coefficient (Wildman–Crippen LogP) is 1.09. The maximum Gasteiger partial charge on any atom is 0.350 e. The van der Waals surface area contributed by atoms with Crippen molar-refractivity contribution >= 4 is 22.4 Å². The maximum absolute atomic E-state index is 11.6. The molecular formula is C12H18N2O4S. The number of nitrogens with zero attached hydrogens (tertiary/aromatic N) is 2. The summed E-state index contributed by atoms with van der Waals surface area (Å²) in [5.74, 6) is -0.341. The second-order valence-electron chi connectivity index (χ2n) is 4.36. The van der Waals surface area contributed by atoms with Gasteiger partial charge in [-0.1, -0.05) is 11.3 Å². The van der Waals surface area contributed by atoms with E-state index in [4.69, 9.17) is 14.2 Å². The van der Waals surface area contributed by atoms with Crippen LogP contribution < -0.4 is 4.90 Å². The van der Waals surface area contributed by atoms with E-state index in [1.165, 1.54) is 18.4 Å². The molecule has 0 aliphatic carbocycles. The molecule has 0 aromatic carbocycles. The van der Waals surface area contributed by atoms with Crippen LogP contribution in [0.3, 0.4) is 0 Å². The van der Waals surface area contributed by atoms with Crippen molar-refractivity contribution in [1.29, 1.82) is 0 Å². The molecule has 2 atom stereocenters. The molecule has 0 amide bonds. The summed E-state index contributed by atoms with van der Waals surface area (Å²) < 4.78 is 15.5. The van der Waals surface area contributed by atoms with E-state index in [0.717, 1.165) is 5.13 Å². The summed E-state index contributed by atoms with van der Waals surface area (Å²) in [6, 6.07) is 0. The number of carbonyl (C=O) groups is 1. The minimum absolute atomic E-state index is 0.0239. The number of ether oxygens (including phenoxy) is 3. The highest BCUT2D eigenvalue weighted by Crippen LogP contribution is 2.30. The number of hydrogen-bond acceptors (Lipinski definition) is 7. The monoisotopic (exact) mass is 286 g/mol. The Balaban J connectivity index is 2.17. The van der Waals surface area contributed by atoms with Crippen LogP contribution in [0.5, 0.6) is 0 Å². The van der Waals surface area contributed by atoms with E-state index >= 15 is 0 Å². The van der Waals surface area contributed by atoms with Gasteiger partial charge in [-0.3, -0.25) is 0 Å². The van der Waals surface area contributed by atoms with E-state index < -0.39 is 0 Å². The van der Waals surface area contributed by atoms with Crippen molar-refractivity contribution in [3.8, 4) is 0 Å². The lowest BCUT2D eigenvalue weighted by Crippen LogP contribution is -2.27. The zero-order valence-corrected chi connectivity index (χ0v) is 12.3. The number of carbonyl (C=O) groups excluding carboxylic acids is 1. The van der Waals surface area contributed by atoms with Gasteiger partial charge in [-0.15, -0.1) is 0 Å². The second-order valence-corrected chi connectivity index (χ2v) is 5.33. The van der Waals surface area contributed by atoms with Gasteiger partial charge in [0.1, 0.15) is 17.1 Å². The first kappa shape index (κ1) is 14.2. The number of thiazole rings is 1. The maximum atomic E-state index is 11.6. The Kier molecular flexibility index (Phi) is 4.38. The van der Waals surface area contributed by atoms with E-state index in [0.29, 0.717) is 23.7 Å². The Labute approximate surface area is 116 Å². The molecule has 1 aliphatic heterocycles. The number of aryl methyl sites for hydroxylation is 1. The van der Waals surface area contributed by atoms with Crippen molar-refractivity contribution in [3.05, 3.63) is 10.6 Å². The fraction of sp³-hybridized carbons (Fsp3) is 0.667. The van der Waals surface area contributed by atoms with Crippen LogP contribution in [-0.4, -0.2) is 57.6 Å². The summed E-state index contributed by atoms with van der Waals surface area (Å²) in [6.07, 6.45) is 0.0477. The van der Waals surface area contributed by atoms with Crippen molar-refractivity contribution in [2.24, 2.45) is 0 Å². The Hall–Kier alpha value is -1.18. The third kappa shape index (κ3) is 2.72. The Morgan fingerprint density at radius 2 is 1.84 bits per heavy atom. The van der Waals surface area contributed by atoms with E-state index in [1.807, 2.05) is 6.92 Å². The average Bonchev–Trinajstić information content (AvgIpc) is 3.00. The normalized spacial score (nSPS) is 22.8. The van der Waals surface area contributed by atoms with Crippen LogP contribution in [0.4, 0.5) is 5.13 Å². The predicted molar refractivity (Wildman–Crippen MR) is 72.0 cm³/mol. The summed E-state index contributed by atoms with van der Waals surface area (Å²) in [5, 5.41) is 0.805. The first-order valence-corrected chi connectivity index (χ1v) is 6.78. The Morgan fingerprint density at radius 1 is 1.26 bits per heavy atom. The Morgan fingerprint density at radius 3 is 2.32 bits per heavy atom. The van der Waals surface area contributed by atoms with E-state index in [-0.39, 0.29) is 18.2 Å². The summed E-state index contributed by atoms with van der Waals surface area (Å²) in [7, 11) is 4.72. The van der Waals surface area contributed by atoms with Gasteiger partial charge < -0.3 is 19.1 Å². The zero-order chi connectivity index (χ0) is 14.0. The molecule has 0 N–H and O–H groups in total. The van der Waals surface area contributed by atoms with Gasteiger partial charge in [0.2, 0.25) is 0 Å². The molecule has 0 radical (unpaired) electrons. The van der Waals surface area contributed by atoms with Gasteiger partial charge in [0.05, 0.1) is 12.8 Å². The highest BCUT2D eigenvalue weighted by atomic mass is 32.1. The molecule has 2 rings (SSSR count). The molecule has 0 spiro atoms. The molecule has 1 aromatic heterocycles. The van der Waals surface area contributed by atoms with Crippen LogP contribution in [0.1, 0.15) is 15.4 Å². The molecule has 7 heteroatoms. The first-order chi connectivity index (χ1) is 9.10. The van der Waals surface area contributed by atoms with Crippen LogP contribution in [0.25, 0.3) is 0 Å². The van der Waals surface area contributed by atoms with E-state index in [1.54, 1.807) is 14.2 Å². The van der Waals surface area contributed by atoms with Gasteiger partial charge in [-0.25, -0.2) is 9.78 Å². The average molecular weight is 286 g/mol. The molecule has 0 saturated carbocycles. The van der Waals surface area contributed by atoms with Crippen molar-refractivity contribution in [1.82, 2.24) is 4.98 Å². The molecular weight excluding hydrogens is 268 g/mol. The molecule has 1 aromatic rings. The van der Waals surface area contributed by atoms with Gasteiger partial charge >= 0.3 is 5.97 Å². The molecule has 6 nitrogen and oxygen atoms in total. The molecule has 2 unspecified atom stereocenters. The summed E-state index contributed by atoms with van der Waals surface area (Å²) in [6.45, 7) is 3.23. The number of aromatic nitrogens is 1. The molecule has 1 fully saturated rings. The fourth-order valence-corrected chi connectivity index (χ4v) is 3.16. The quantitative estimate of drug-likeness (QED) is 0.772. The number of esters is 1. The minimum Gasteiger partial charge on any atom is -0.465 e. The van der Waals surface area contributed by atoms with Gasteiger partial charge in [-0.2, -0.15) is 0 Å². The van der Waals surface area contributed by atoms with Crippen molar-refractivity contribution in [2.75, 3.05) is 39.3 Å². The third-order valence-electron chi connectivity index (χ3n) is 3.25. The van der Waals surface area contributed by atoms with Gasteiger partial charge in [0, 0.05) is 27.3 Å². The largest absolute Gasteiger partial charge is 0.465 e. The van der Waals surface area contributed by atoms with Crippen molar-refractivity contribution in [3.63, 3.8) is 0 Å². The van der Waals surface area contributed by atoms with E-state index in [2.05, 4.69) is 9.88 Å². The van der Waals surface area contributed by atoms with Crippen LogP contribution in [0.15, 0.2) is 0 Å². The van der Waals surface area contributed by atoms with Crippen LogP contribution >= 0.6 is 11.3 Å². The highest BCUT2D eigenvalue weighted by molar-refractivity contribution is 7.17. The molecule has 19 heavy (non-hydrogen) atoms. The number of hydrogen-bond donors (Lipinski definition) is 0. The molecule has 0 bridgehead atoms. The lowest BCUT2D eigenvalue weighted by Gasteiger charge is -2.13. The van der Waals surface area contributed by atoms with Gasteiger partial charge in [-0.05, 0) is 6.92 Å². The minimum atomic E-state index is -0.341. The van der Waals surface area contributed by atoms with Gasteiger partial charge in [0.25, 0.3) is 0 Å². The zero-order valence-electron chi connectivity index (χ0n) is 11.5. The van der Waals surface area contributed by atoms with Crippen molar-refractivity contribution in [2.45, 2.75) is 19.1 Å². The first-order valence-electron chi connectivity index (χ1n) is 5.97. The lowest BCUT2D eigenvalue weighted by molar-refractivity contribution is -0.00461. The van der Waals surface area contributed by atoms with Gasteiger partial charge in [0.15, 0.2) is 5.13 Å². The molecule has 1 saturated heterocycles. The molecule has 1 aliphatic rings.